The lowest BCUT2D eigenvalue weighted by Crippen LogP contribution is -2.30. The monoisotopic (exact) mass is 1380 g/mol. The zero-order valence-corrected chi connectivity index (χ0v) is 63.4. The summed E-state index contributed by atoms with van der Waals surface area (Å²) in [4.78, 5) is 72.8. The largest absolute Gasteiger partial charge is 0.472 e. The van der Waals surface area contributed by atoms with Gasteiger partial charge in [-0.1, -0.05) is 325 Å². The van der Waals surface area contributed by atoms with Crippen LogP contribution in [0.5, 0.6) is 0 Å². The molecule has 0 saturated heterocycles. The van der Waals surface area contributed by atoms with Crippen molar-refractivity contribution in [1.29, 1.82) is 0 Å². The lowest BCUT2D eigenvalue weighted by Gasteiger charge is -2.21. The number of esters is 4. The summed E-state index contributed by atoms with van der Waals surface area (Å²) < 4.78 is 68.5. The number of aliphatic hydroxyl groups excluding tert-OH is 1. The number of carbonyl (C=O) groups excluding carboxylic acids is 4. The number of unbranched alkanes of at least 4 members (excludes halogenated alkanes) is 38. The number of carbonyl (C=O) groups is 4. The molecule has 0 rings (SSSR count). The zero-order valence-electron chi connectivity index (χ0n) is 61.6. The van der Waals surface area contributed by atoms with E-state index >= 15 is 0 Å². The highest BCUT2D eigenvalue weighted by Crippen LogP contribution is 2.45. The molecule has 0 spiro atoms. The van der Waals surface area contributed by atoms with Crippen LogP contribution in [0.1, 0.15) is 376 Å². The van der Waals surface area contributed by atoms with E-state index in [1.165, 1.54) is 180 Å². The second-order valence-electron chi connectivity index (χ2n) is 28.9. The molecule has 0 aliphatic carbocycles. The maximum atomic E-state index is 13.1. The fourth-order valence-corrected chi connectivity index (χ4v) is 13.0. The van der Waals surface area contributed by atoms with Crippen LogP contribution in [-0.2, 0) is 65.4 Å². The highest BCUT2D eigenvalue weighted by molar-refractivity contribution is 7.47. The molecule has 0 saturated carbocycles. The molecule has 0 aliphatic rings. The highest BCUT2D eigenvalue weighted by atomic mass is 31.2. The molecule has 0 aromatic rings. The molecule has 2 unspecified atom stereocenters. The zero-order chi connectivity index (χ0) is 69.6. The van der Waals surface area contributed by atoms with Gasteiger partial charge in [0, 0.05) is 25.7 Å². The molecular weight excluding hydrogens is 1230 g/mol. The summed E-state index contributed by atoms with van der Waals surface area (Å²) in [7, 11) is -9.91. The molecule has 0 radical (unpaired) electrons. The molecule has 0 fully saturated rings. The maximum absolute atomic E-state index is 13.1. The summed E-state index contributed by atoms with van der Waals surface area (Å²) in [6.07, 6.45) is 48.5. The molecule has 0 heterocycles. The van der Waals surface area contributed by atoms with Gasteiger partial charge in [0.2, 0.25) is 0 Å². The van der Waals surface area contributed by atoms with Crippen LogP contribution in [0.4, 0.5) is 0 Å². The number of aliphatic hydroxyl groups is 1. The fourth-order valence-electron chi connectivity index (χ4n) is 11.4. The molecule has 0 amide bonds. The summed E-state index contributed by atoms with van der Waals surface area (Å²) in [5, 5.41) is 10.6. The molecule has 19 heteroatoms. The standard InChI is InChI=1S/C75H146O17P2/c1-65(2)51-43-35-27-19-13-11-9-10-12-14-24-33-41-49-57-74(79)91-70(61-85-72(77)55-47-39-31-23-16-15-20-28-36-44-52-66(3)4)63-89-93(81,82)87-59-69(76)60-88-94(83,84)90-64-71(92-75(80)58-50-42-34-26-18-22-30-38-46-54-68(7)8)62-86-73(78)56-48-40-32-25-17-21-29-37-45-53-67(5)6/h65-71,76H,9-64H2,1-8H3,(H,81,82)(H,83,84)/t69-,70-,71-/m1/s1. The molecule has 0 aliphatic heterocycles. The van der Waals surface area contributed by atoms with Crippen molar-refractivity contribution < 1.29 is 80.2 Å². The van der Waals surface area contributed by atoms with E-state index in [0.717, 1.165) is 114 Å². The second kappa shape index (κ2) is 64.4. The molecule has 0 aromatic carbocycles. The topological polar surface area (TPSA) is 237 Å². The Morgan fingerprint density at radius 3 is 0.660 bits per heavy atom. The van der Waals surface area contributed by atoms with Crippen molar-refractivity contribution in [2.24, 2.45) is 23.7 Å². The first-order valence-corrected chi connectivity index (χ1v) is 41.7. The van der Waals surface area contributed by atoms with Crippen LogP contribution < -0.4 is 0 Å². The molecular formula is C75H146O17P2. The lowest BCUT2D eigenvalue weighted by molar-refractivity contribution is -0.161. The van der Waals surface area contributed by atoms with Crippen molar-refractivity contribution in [1.82, 2.24) is 0 Å². The first kappa shape index (κ1) is 92.1. The Kier molecular flexibility index (Phi) is 63.1. The van der Waals surface area contributed by atoms with E-state index in [2.05, 4.69) is 55.4 Å². The van der Waals surface area contributed by atoms with Gasteiger partial charge in [-0.3, -0.25) is 37.3 Å². The third-order valence-electron chi connectivity index (χ3n) is 17.3. The Labute approximate surface area is 575 Å². The summed E-state index contributed by atoms with van der Waals surface area (Å²) in [5.41, 5.74) is 0. The van der Waals surface area contributed by atoms with Gasteiger partial charge in [0.25, 0.3) is 0 Å². The predicted octanol–water partition coefficient (Wildman–Crippen LogP) is 21.7. The Morgan fingerprint density at radius 1 is 0.266 bits per heavy atom. The first-order chi connectivity index (χ1) is 45.1. The quantitative estimate of drug-likeness (QED) is 0.0222. The van der Waals surface area contributed by atoms with Gasteiger partial charge < -0.3 is 33.8 Å². The fraction of sp³-hybridized carbons (Fsp3) is 0.947. The first-order valence-electron chi connectivity index (χ1n) is 38.7. The minimum atomic E-state index is -4.96. The van der Waals surface area contributed by atoms with Crippen LogP contribution in [0.2, 0.25) is 0 Å². The maximum Gasteiger partial charge on any atom is 0.472 e. The number of phosphoric ester groups is 2. The van der Waals surface area contributed by atoms with E-state index in [-0.39, 0.29) is 25.7 Å². The Morgan fingerprint density at radius 2 is 0.447 bits per heavy atom. The van der Waals surface area contributed by atoms with Crippen LogP contribution in [0.3, 0.4) is 0 Å². The predicted molar refractivity (Wildman–Crippen MR) is 381 cm³/mol. The van der Waals surface area contributed by atoms with Crippen molar-refractivity contribution in [3.05, 3.63) is 0 Å². The number of hydrogen-bond acceptors (Lipinski definition) is 15. The van der Waals surface area contributed by atoms with Crippen LogP contribution in [0.25, 0.3) is 0 Å². The number of rotatable bonds is 72. The van der Waals surface area contributed by atoms with E-state index in [4.69, 9.17) is 37.0 Å². The minimum absolute atomic E-state index is 0.105. The number of hydrogen-bond donors (Lipinski definition) is 3. The summed E-state index contributed by atoms with van der Waals surface area (Å²) in [6.45, 7) is 14.2. The Bertz CT molecular complexity index is 1850. The van der Waals surface area contributed by atoms with Gasteiger partial charge >= 0.3 is 39.5 Å². The van der Waals surface area contributed by atoms with Crippen LogP contribution in [-0.4, -0.2) is 96.7 Å². The number of phosphoric acid groups is 2. The van der Waals surface area contributed by atoms with E-state index < -0.39 is 97.5 Å². The SMILES string of the molecule is CC(C)CCCCCCCCCCCCCCCCC(=O)O[C@H](COC(=O)CCCCCCCCCCCCC(C)C)COP(=O)(O)OC[C@@H](O)COP(=O)(O)OC[C@@H](COC(=O)CCCCCCCCCCCC(C)C)OC(=O)CCCCCCCCCCCC(C)C. The van der Waals surface area contributed by atoms with Gasteiger partial charge in [-0.05, 0) is 49.4 Å². The summed E-state index contributed by atoms with van der Waals surface area (Å²) in [5.74, 6) is 0.912. The third kappa shape index (κ3) is 68.6. The molecule has 5 atom stereocenters. The van der Waals surface area contributed by atoms with Gasteiger partial charge in [-0.15, -0.1) is 0 Å². The van der Waals surface area contributed by atoms with Crippen molar-refractivity contribution in [3.63, 3.8) is 0 Å². The molecule has 558 valence electrons. The van der Waals surface area contributed by atoms with Gasteiger partial charge in [0.05, 0.1) is 26.4 Å². The van der Waals surface area contributed by atoms with Crippen molar-refractivity contribution in [2.45, 2.75) is 395 Å². The van der Waals surface area contributed by atoms with Gasteiger partial charge in [0.15, 0.2) is 12.2 Å². The smallest absolute Gasteiger partial charge is 0.462 e. The highest BCUT2D eigenvalue weighted by Gasteiger charge is 2.30. The van der Waals surface area contributed by atoms with Gasteiger partial charge in [0.1, 0.15) is 19.3 Å². The van der Waals surface area contributed by atoms with Crippen molar-refractivity contribution in [2.75, 3.05) is 39.6 Å². The summed E-state index contributed by atoms with van der Waals surface area (Å²) >= 11 is 0. The van der Waals surface area contributed by atoms with E-state index in [1.54, 1.807) is 0 Å². The van der Waals surface area contributed by atoms with E-state index in [1.807, 2.05) is 0 Å². The van der Waals surface area contributed by atoms with Crippen LogP contribution in [0, 0.1) is 23.7 Å². The van der Waals surface area contributed by atoms with Crippen LogP contribution in [0.15, 0.2) is 0 Å². The normalized spacial score (nSPS) is 14.2. The van der Waals surface area contributed by atoms with Gasteiger partial charge in [-0.2, -0.15) is 0 Å². The minimum Gasteiger partial charge on any atom is -0.462 e. The number of ether oxygens (including phenoxy) is 4. The van der Waals surface area contributed by atoms with Crippen molar-refractivity contribution >= 4 is 39.5 Å². The molecule has 17 nitrogen and oxygen atoms in total. The second-order valence-corrected chi connectivity index (χ2v) is 31.9. The van der Waals surface area contributed by atoms with Gasteiger partial charge in [-0.25, -0.2) is 9.13 Å². The average molecular weight is 1380 g/mol. The third-order valence-corrected chi connectivity index (χ3v) is 19.2. The van der Waals surface area contributed by atoms with E-state index in [9.17, 15) is 43.2 Å². The molecule has 0 aromatic heterocycles. The van der Waals surface area contributed by atoms with E-state index in [0.29, 0.717) is 25.7 Å². The summed E-state index contributed by atoms with van der Waals surface area (Å²) in [6, 6.07) is 0. The molecule has 94 heavy (non-hydrogen) atoms. The van der Waals surface area contributed by atoms with Crippen molar-refractivity contribution in [3.8, 4) is 0 Å². The lowest BCUT2D eigenvalue weighted by atomic mass is 10.0. The van der Waals surface area contributed by atoms with Crippen LogP contribution >= 0.6 is 15.6 Å². The Balaban J connectivity index is 5.26. The average Bonchev–Trinajstić information content (AvgIpc) is 1.94. The molecule has 3 N–H and O–H groups in total. The Hall–Kier alpha value is -1.94. The molecule has 0 bridgehead atoms.